The highest BCUT2D eigenvalue weighted by Crippen LogP contribution is 2.35. The van der Waals surface area contributed by atoms with E-state index in [4.69, 9.17) is 10.2 Å². The zero-order chi connectivity index (χ0) is 10.3. The van der Waals surface area contributed by atoms with Gasteiger partial charge in [0.25, 0.3) is 0 Å². The van der Waals surface area contributed by atoms with Crippen molar-refractivity contribution in [2.75, 3.05) is 18.0 Å². The van der Waals surface area contributed by atoms with Gasteiger partial charge in [-0.05, 0) is 37.2 Å². The van der Waals surface area contributed by atoms with Crippen LogP contribution in [0.1, 0.15) is 19.3 Å². The van der Waals surface area contributed by atoms with Gasteiger partial charge in [-0.25, -0.2) is 0 Å². The first-order chi connectivity index (χ1) is 7.31. The van der Waals surface area contributed by atoms with E-state index in [9.17, 15) is 0 Å². The fourth-order valence-corrected chi connectivity index (χ4v) is 3.24. The molecule has 0 aromatic carbocycles. The van der Waals surface area contributed by atoms with Gasteiger partial charge in [0.15, 0.2) is 5.88 Å². The molecule has 3 nitrogen and oxygen atoms in total. The van der Waals surface area contributed by atoms with E-state index in [-0.39, 0.29) is 0 Å². The van der Waals surface area contributed by atoms with E-state index < -0.39 is 0 Å². The first-order valence-corrected chi connectivity index (χ1v) is 5.85. The third-order valence-electron chi connectivity index (χ3n) is 3.71. The molecule has 2 aliphatic rings. The molecule has 2 atom stereocenters. The van der Waals surface area contributed by atoms with Gasteiger partial charge in [0.2, 0.25) is 0 Å². The fourth-order valence-electron chi connectivity index (χ4n) is 3.24. The van der Waals surface area contributed by atoms with Crippen molar-refractivity contribution in [3.63, 3.8) is 0 Å². The van der Waals surface area contributed by atoms with Gasteiger partial charge in [0.1, 0.15) is 0 Å². The van der Waals surface area contributed by atoms with Crippen molar-refractivity contribution in [1.29, 1.82) is 0 Å². The van der Waals surface area contributed by atoms with Crippen LogP contribution < -0.4 is 10.6 Å². The first-order valence-electron chi connectivity index (χ1n) is 5.85. The predicted octanol–water partition coefficient (Wildman–Crippen LogP) is 1.84. The molecular weight excluding hydrogens is 188 g/mol. The van der Waals surface area contributed by atoms with Crippen LogP contribution >= 0.6 is 0 Å². The Morgan fingerprint density at radius 2 is 1.93 bits per heavy atom. The number of hydrogen-bond acceptors (Lipinski definition) is 3. The lowest BCUT2D eigenvalue weighted by molar-refractivity contribution is 0.204. The molecule has 0 amide bonds. The van der Waals surface area contributed by atoms with E-state index in [1.807, 2.05) is 6.07 Å². The Morgan fingerprint density at radius 3 is 2.53 bits per heavy atom. The summed E-state index contributed by atoms with van der Waals surface area (Å²) in [6, 6.07) is 4.46. The van der Waals surface area contributed by atoms with Crippen molar-refractivity contribution in [2.45, 2.75) is 25.3 Å². The van der Waals surface area contributed by atoms with Gasteiger partial charge in [-0.2, -0.15) is 0 Å². The molecule has 2 bridgehead atoms. The lowest BCUT2D eigenvalue weighted by atomic mass is 9.76. The molecule has 15 heavy (non-hydrogen) atoms. The summed E-state index contributed by atoms with van der Waals surface area (Å²) in [7, 11) is 0. The molecule has 1 aliphatic carbocycles. The monoisotopic (exact) mass is 206 g/mol. The summed E-state index contributed by atoms with van der Waals surface area (Å²) < 4.78 is 5.46. The van der Waals surface area contributed by atoms with Gasteiger partial charge in [-0.1, -0.05) is 0 Å². The van der Waals surface area contributed by atoms with Gasteiger partial charge >= 0.3 is 0 Å². The normalized spacial score (nSPS) is 35.5. The molecule has 1 saturated heterocycles. The Balaban J connectivity index is 1.75. The van der Waals surface area contributed by atoms with Crippen molar-refractivity contribution in [1.82, 2.24) is 0 Å². The summed E-state index contributed by atoms with van der Waals surface area (Å²) in [6.07, 6.45) is 5.50. The molecule has 2 unspecified atom stereocenters. The molecule has 2 fully saturated rings. The van der Waals surface area contributed by atoms with E-state index >= 15 is 0 Å². The molecule has 1 aromatic heterocycles. The van der Waals surface area contributed by atoms with Crippen LogP contribution in [0.2, 0.25) is 0 Å². The third-order valence-corrected chi connectivity index (χ3v) is 3.71. The third kappa shape index (κ3) is 1.76. The second-order valence-corrected chi connectivity index (χ2v) is 5.06. The summed E-state index contributed by atoms with van der Waals surface area (Å²) in [5.74, 6) is 2.58. The maximum absolute atomic E-state index is 6.05. The lowest BCUT2D eigenvalue weighted by Gasteiger charge is -2.43. The van der Waals surface area contributed by atoms with Gasteiger partial charge in [0, 0.05) is 25.2 Å². The largest absolute Gasteiger partial charge is 0.449 e. The molecule has 0 spiro atoms. The molecule has 1 saturated carbocycles. The minimum atomic E-state index is 0.438. The smallest absolute Gasteiger partial charge is 0.195 e. The molecule has 3 rings (SSSR count). The number of piperidine rings is 1. The van der Waals surface area contributed by atoms with Crippen molar-refractivity contribution >= 4 is 5.88 Å². The van der Waals surface area contributed by atoms with E-state index in [2.05, 4.69) is 11.0 Å². The lowest BCUT2D eigenvalue weighted by Crippen LogP contribution is -2.47. The fraction of sp³-hybridized carbons (Fsp3) is 0.667. The highest BCUT2D eigenvalue weighted by atomic mass is 16.3. The van der Waals surface area contributed by atoms with E-state index in [1.54, 1.807) is 6.26 Å². The SMILES string of the molecule is NC1CC2CC(C1)CN(c1ccco1)C2. The molecule has 3 heteroatoms. The second kappa shape index (κ2) is 3.56. The number of anilines is 1. The van der Waals surface area contributed by atoms with E-state index in [1.165, 1.54) is 19.3 Å². The van der Waals surface area contributed by atoms with Crippen molar-refractivity contribution < 1.29 is 4.42 Å². The standard InChI is InChI=1S/C12H18N2O/c13-11-5-9-4-10(6-11)8-14(7-9)12-2-1-3-15-12/h1-3,9-11H,4-8,13H2. The van der Waals surface area contributed by atoms with Crippen LogP contribution in [-0.4, -0.2) is 19.1 Å². The average Bonchev–Trinajstić information content (AvgIpc) is 2.67. The van der Waals surface area contributed by atoms with Crippen molar-refractivity contribution in [3.05, 3.63) is 18.4 Å². The van der Waals surface area contributed by atoms with Crippen LogP contribution in [0, 0.1) is 11.8 Å². The van der Waals surface area contributed by atoms with Crippen LogP contribution in [0.5, 0.6) is 0 Å². The van der Waals surface area contributed by atoms with Crippen LogP contribution in [0.15, 0.2) is 22.8 Å². The topological polar surface area (TPSA) is 42.4 Å². The van der Waals surface area contributed by atoms with Gasteiger partial charge in [0.05, 0.1) is 6.26 Å². The van der Waals surface area contributed by atoms with E-state index in [0.717, 1.165) is 30.8 Å². The number of rotatable bonds is 1. The summed E-state index contributed by atoms with van der Waals surface area (Å²) in [5, 5.41) is 0. The highest BCUT2D eigenvalue weighted by Gasteiger charge is 2.34. The average molecular weight is 206 g/mol. The highest BCUT2D eigenvalue weighted by molar-refractivity contribution is 5.35. The van der Waals surface area contributed by atoms with Crippen molar-refractivity contribution in [3.8, 4) is 0 Å². The van der Waals surface area contributed by atoms with Crippen LogP contribution in [-0.2, 0) is 0 Å². The van der Waals surface area contributed by atoms with Crippen molar-refractivity contribution in [2.24, 2.45) is 17.6 Å². The number of fused-ring (bicyclic) bond motifs is 2. The second-order valence-electron chi connectivity index (χ2n) is 5.06. The Labute approximate surface area is 90.2 Å². The van der Waals surface area contributed by atoms with Gasteiger partial charge < -0.3 is 15.1 Å². The number of furan rings is 1. The molecular formula is C12H18N2O. The minimum Gasteiger partial charge on any atom is -0.449 e. The van der Waals surface area contributed by atoms with Gasteiger partial charge in [-0.15, -0.1) is 0 Å². The van der Waals surface area contributed by atoms with E-state index in [0.29, 0.717) is 6.04 Å². The number of hydrogen-bond donors (Lipinski definition) is 1. The summed E-state index contributed by atoms with van der Waals surface area (Å²) >= 11 is 0. The quantitative estimate of drug-likeness (QED) is 0.762. The molecule has 82 valence electrons. The molecule has 0 radical (unpaired) electrons. The van der Waals surface area contributed by atoms with Gasteiger partial charge in [-0.3, -0.25) is 0 Å². The molecule has 2 N–H and O–H groups in total. The minimum absolute atomic E-state index is 0.438. The van der Waals surface area contributed by atoms with Crippen LogP contribution in [0.3, 0.4) is 0 Å². The summed E-state index contributed by atoms with van der Waals surface area (Å²) in [4.78, 5) is 2.38. The molecule has 1 aromatic rings. The molecule has 2 heterocycles. The zero-order valence-corrected chi connectivity index (χ0v) is 8.93. The van der Waals surface area contributed by atoms with Crippen LogP contribution in [0.25, 0.3) is 0 Å². The maximum atomic E-state index is 6.05. The Kier molecular flexibility index (Phi) is 2.20. The maximum Gasteiger partial charge on any atom is 0.195 e. The zero-order valence-electron chi connectivity index (χ0n) is 8.93. The molecule has 1 aliphatic heterocycles. The first kappa shape index (κ1) is 9.28. The summed E-state index contributed by atoms with van der Waals surface area (Å²) in [5.41, 5.74) is 6.05. The Morgan fingerprint density at radius 1 is 1.20 bits per heavy atom. The Bertz CT molecular complexity index is 304. The predicted molar refractivity (Wildman–Crippen MR) is 59.7 cm³/mol. The summed E-state index contributed by atoms with van der Waals surface area (Å²) in [6.45, 7) is 2.25. The Hall–Kier alpha value is -0.960. The van der Waals surface area contributed by atoms with Crippen LogP contribution in [0.4, 0.5) is 5.88 Å². The number of nitrogens with zero attached hydrogens (tertiary/aromatic N) is 1. The number of nitrogens with two attached hydrogens (primary N) is 1.